The van der Waals surface area contributed by atoms with Crippen LogP contribution >= 0.6 is 34.4 Å². The number of aromatic nitrogens is 2. The van der Waals surface area contributed by atoms with E-state index in [0.29, 0.717) is 0 Å². The maximum absolute atomic E-state index is 4.29. The van der Waals surface area contributed by atoms with Gasteiger partial charge in [0.1, 0.15) is 0 Å². The lowest BCUT2D eigenvalue weighted by atomic mass is 10.0. The molecule has 2 aromatic heterocycles. The average Bonchev–Trinajstić information content (AvgIpc) is 3.21. The predicted octanol–water partition coefficient (Wildman–Crippen LogP) is 4.22. The van der Waals surface area contributed by atoms with Crippen LogP contribution in [0.1, 0.15) is 30.6 Å². The van der Waals surface area contributed by atoms with Gasteiger partial charge < -0.3 is 10.2 Å². The van der Waals surface area contributed by atoms with Crippen LogP contribution in [-0.2, 0) is 6.42 Å². The quantitative estimate of drug-likeness (QED) is 0.707. The van der Waals surface area contributed by atoms with E-state index < -0.39 is 0 Å². The SMILES string of the molecule is CN1CCCCC1CCSc1nnc(NCCc2cccs2)s1. The minimum Gasteiger partial charge on any atom is -0.360 e. The van der Waals surface area contributed by atoms with Gasteiger partial charge in [-0.3, -0.25) is 0 Å². The number of hydrogen-bond acceptors (Lipinski definition) is 7. The van der Waals surface area contributed by atoms with Crippen molar-refractivity contribution in [3.05, 3.63) is 22.4 Å². The highest BCUT2D eigenvalue weighted by atomic mass is 32.2. The maximum atomic E-state index is 4.29. The first-order chi connectivity index (χ1) is 11.3. The molecule has 126 valence electrons. The van der Waals surface area contributed by atoms with Crippen LogP contribution in [0, 0.1) is 0 Å². The molecule has 3 rings (SSSR count). The molecule has 2 aromatic rings. The first-order valence-corrected chi connectivity index (χ1v) is 10.9. The highest BCUT2D eigenvalue weighted by Gasteiger charge is 2.18. The van der Waals surface area contributed by atoms with Crippen LogP contribution in [0.4, 0.5) is 5.13 Å². The molecule has 0 saturated carbocycles. The van der Waals surface area contributed by atoms with Crippen LogP contribution in [0.3, 0.4) is 0 Å². The fraction of sp³-hybridized carbons (Fsp3) is 0.625. The Labute approximate surface area is 150 Å². The number of thiophene rings is 1. The number of hydrogen-bond donors (Lipinski definition) is 1. The highest BCUT2D eigenvalue weighted by Crippen LogP contribution is 2.28. The number of nitrogens with zero attached hydrogens (tertiary/aromatic N) is 3. The Morgan fingerprint density at radius 2 is 2.35 bits per heavy atom. The van der Waals surface area contributed by atoms with Crippen LogP contribution in [0.25, 0.3) is 0 Å². The van der Waals surface area contributed by atoms with E-state index in [9.17, 15) is 0 Å². The van der Waals surface area contributed by atoms with Crippen LogP contribution in [0.15, 0.2) is 21.9 Å². The molecule has 23 heavy (non-hydrogen) atoms. The summed E-state index contributed by atoms with van der Waals surface area (Å²) < 4.78 is 1.09. The lowest BCUT2D eigenvalue weighted by molar-refractivity contribution is 0.182. The zero-order chi connectivity index (χ0) is 15.9. The minimum atomic E-state index is 0.757. The summed E-state index contributed by atoms with van der Waals surface area (Å²) in [5.41, 5.74) is 0. The van der Waals surface area contributed by atoms with Gasteiger partial charge in [-0.05, 0) is 50.7 Å². The van der Waals surface area contributed by atoms with Gasteiger partial charge in [0.15, 0.2) is 4.34 Å². The van der Waals surface area contributed by atoms with E-state index in [1.54, 1.807) is 11.3 Å². The van der Waals surface area contributed by atoms with Crippen molar-refractivity contribution in [3.63, 3.8) is 0 Å². The average molecular weight is 369 g/mol. The molecule has 3 heterocycles. The Balaban J connectivity index is 1.35. The van der Waals surface area contributed by atoms with E-state index in [0.717, 1.165) is 34.2 Å². The molecular weight excluding hydrogens is 344 g/mol. The number of anilines is 1. The highest BCUT2D eigenvalue weighted by molar-refractivity contribution is 8.01. The molecule has 0 aromatic carbocycles. The molecule has 1 aliphatic heterocycles. The van der Waals surface area contributed by atoms with Gasteiger partial charge in [0.05, 0.1) is 0 Å². The first kappa shape index (κ1) is 17.2. The largest absolute Gasteiger partial charge is 0.360 e. The summed E-state index contributed by atoms with van der Waals surface area (Å²) in [6.07, 6.45) is 6.40. The minimum absolute atomic E-state index is 0.757. The molecule has 1 unspecified atom stereocenters. The van der Waals surface area contributed by atoms with E-state index in [2.05, 4.69) is 45.0 Å². The second-order valence-electron chi connectivity index (χ2n) is 5.90. The first-order valence-electron chi connectivity index (χ1n) is 8.24. The Morgan fingerprint density at radius 3 is 3.17 bits per heavy atom. The fourth-order valence-electron chi connectivity index (χ4n) is 2.88. The van der Waals surface area contributed by atoms with Crippen molar-refractivity contribution in [2.45, 2.75) is 42.5 Å². The number of likely N-dealkylation sites (tertiary alicyclic amines) is 1. The molecule has 1 saturated heterocycles. The number of nitrogens with one attached hydrogen (secondary N) is 1. The molecule has 0 aliphatic carbocycles. The van der Waals surface area contributed by atoms with Gasteiger partial charge in [0.2, 0.25) is 5.13 Å². The molecule has 1 fully saturated rings. The van der Waals surface area contributed by atoms with Crippen molar-refractivity contribution in [1.29, 1.82) is 0 Å². The van der Waals surface area contributed by atoms with Gasteiger partial charge in [-0.2, -0.15) is 0 Å². The molecule has 7 heteroatoms. The van der Waals surface area contributed by atoms with Crippen molar-refractivity contribution in [2.24, 2.45) is 0 Å². The van der Waals surface area contributed by atoms with Crippen molar-refractivity contribution < 1.29 is 0 Å². The molecular formula is C16H24N4S3. The molecule has 1 N–H and O–H groups in total. The Hall–Kier alpha value is -0.630. The van der Waals surface area contributed by atoms with E-state index in [4.69, 9.17) is 0 Å². The van der Waals surface area contributed by atoms with Crippen molar-refractivity contribution in [2.75, 3.05) is 31.2 Å². The lowest BCUT2D eigenvalue weighted by Gasteiger charge is -2.32. The monoisotopic (exact) mass is 368 g/mol. The smallest absolute Gasteiger partial charge is 0.206 e. The zero-order valence-electron chi connectivity index (χ0n) is 13.5. The lowest BCUT2D eigenvalue weighted by Crippen LogP contribution is -2.36. The summed E-state index contributed by atoms with van der Waals surface area (Å²) >= 11 is 5.33. The van der Waals surface area contributed by atoms with Crippen molar-refractivity contribution >= 4 is 39.6 Å². The molecule has 4 nitrogen and oxygen atoms in total. The Morgan fingerprint density at radius 1 is 1.39 bits per heavy atom. The van der Waals surface area contributed by atoms with Crippen LogP contribution in [-0.4, -0.2) is 47.0 Å². The molecule has 1 atom stereocenters. The van der Waals surface area contributed by atoms with E-state index in [1.165, 1.54) is 37.1 Å². The third-order valence-corrected chi connectivity index (χ3v) is 7.22. The third-order valence-electron chi connectivity index (χ3n) is 4.23. The molecule has 0 bridgehead atoms. The topological polar surface area (TPSA) is 41.1 Å². The Kier molecular flexibility index (Phi) is 6.74. The van der Waals surface area contributed by atoms with Gasteiger partial charge >= 0.3 is 0 Å². The van der Waals surface area contributed by atoms with Crippen molar-refractivity contribution in [3.8, 4) is 0 Å². The summed E-state index contributed by atoms with van der Waals surface area (Å²) in [4.78, 5) is 3.93. The van der Waals surface area contributed by atoms with E-state index >= 15 is 0 Å². The standard InChI is InChI=1S/C16H24N4S3/c1-20-10-3-2-5-13(20)8-12-22-16-19-18-15(23-16)17-9-7-14-6-4-11-21-14/h4,6,11,13H,2-3,5,7-10,12H2,1H3,(H,17,18). The van der Waals surface area contributed by atoms with Gasteiger partial charge in [-0.1, -0.05) is 35.6 Å². The molecule has 0 radical (unpaired) electrons. The fourth-order valence-corrected chi connectivity index (χ4v) is 5.48. The zero-order valence-corrected chi connectivity index (χ0v) is 16.0. The Bertz CT molecular complexity index is 570. The second-order valence-corrected chi connectivity index (χ2v) is 9.25. The van der Waals surface area contributed by atoms with Crippen LogP contribution in [0.5, 0.6) is 0 Å². The normalized spacial score (nSPS) is 19.1. The number of rotatable bonds is 8. The van der Waals surface area contributed by atoms with Gasteiger partial charge in [-0.15, -0.1) is 21.5 Å². The summed E-state index contributed by atoms with van der Waals surface area (Å²) in [5, 5.41) is 15.0. The summed E-state index contributed by atoms with van der Waals surface area (Å²) in [7, 11) is 2.26. The number of piperidine rings is 1. The van der Waals surface area contributed by atoms with Gasteiger partial charge in [0.25, 0.3) is 0 Å². The van der Waals surface area contributed by atoms with E-state index in [-0.39, 0.29) is 0 Å². The molecule has 0 amide bonds. The van der Waals surface area contributed by atoms with Crippen LogP contribution in [0.2, 0.25) is 0 Å². The summed E-state index contributed by atoms with van der Waals surface area (Å²) in [6.45, 7) is 2.18. The van der Waals surface area contributed by atoms with Crippen molar-refractivity contribution in [1.82, 2.24) is 15.1 Å². The van der Waals surface area contributed by atoms with Gasteiger partial charge in [-0.25, -0.2) is 0 Å². The van der Waals surface area contributed by atoms with E-state index in [1.807, 2.05) is 23.1 Å². The number of thioether (sulfide) groups is 1. The summed E-state index contributed by atoms with van der Waals surface area (Å²) in [5.74, 6) is 1.14. The van der Waals surface area contributed by atoms with Crippen LogP contribution < -0.4 is 5.32 Å². The van der Waals surface area contributed by atoms with Gasteiger partial charge in [0, 0.05) is 23.2 Å². The maximum Gasteiger partial charge on any atom is 0.206 e. The second kappa shape index (κ2) is 9.01. The molecule has 0 spiro atoms. The molecule has 1 aliphatic rings. The predicted molar refractivity (Wildman–Crippen MR) is 102 cm³/mol. The summed E-state index contributed by atoms with van der Waals surface area (Å²) in [6, 6.07) is 5.03. The third kappa shape index (κ3) is 5.45.